The zero-order valence-corrected chi connectivity index (χ0v) is 7.79. The normalized spacial score (nSPS) is 11.2. The van der Waals surface area contributed by atoms with Crippen molar-refractivity contribution in [2.75, 3.05) is 6.01 Å². The summed E-state index contributed by atoms with van der Waals surface area (Å²) in [6.07, 6.45) is 0. The number of hydrogen-bond acceptors (Lipinski definition) is 3. The molecule has 0 fully saturated rings. The lowest BCUT2D eigenvalue weighted by atomic mass is 10.2. The van der Waals surface area contributed by atoms with Crippen molar-refractivity contribution in [3.05, 3.63) is 29.8 Å². The van der Waals surface area contributed by atoms with E-state index in [0.717, 1.165) is 12.1 Å². The maximum Gasteiger partial charge on any atom is 0.335 e. The number of halogens is 1. The monoisotopic (exact) mass is 218 g/mol. The summed E-state index contributed by atoms with van der Waals surface area (Å²) in [4.78, 5) is 10.2. The molecule has 1 rings (SSSR count). The Balaban J connectivity index is 3.26. The third-order valence-corrected chi connectivity index (χ3v) is 2.84. The van der Waals surface area contributed by atoms with Crippen LogP contribution in [0, 0.1) is 0 Å². The van der Waals surface area contributed by atoms with Crippen molar-refractivity contribution in [3.63, 3.8) is 0 Å². The van der Waals surface area contributed by atoms with Crippen molar-refractivity contribution >= 4 is 15.8 Å². The molecule has 76 valence electrons. The first kappa shape index (κ1) is 10.6. The summed E-state index contributed by atoms with van der Waals surface area (Å²) in [6.45, 7) is 0. The molecule has 0 atom stereocenters. The molecule has 0 spiro atoms. The molecule has 0 saturated heterocycles. The van der Waals surface area contributed by atoms with E-state index < -0.39 is 21.8 Å². The molecule has 14 heavy (non-hydrogen) atoms. The van der Waals surface area contributed by atoms with Crippen LogP contribution in [0.1, 0.15) is 10.4 Å². The summed E-state index contributed by atoms with van der Waals surface area (Å²) in [5.41, 5.74) is -0.181. The Labute approximate surface area is 79.9 Å². The van der Waals surface area contributed by atoms with Gasteiger partial charge in [0, 0.05) is 0 Å². The fourth-order valence-corrected chi connectivity index (χ4v) is 1.60. The molecule has 0 heterocycles. The number of carboxylic acid groups (broad SMARTS) is 1. The summed E-state index contributed by atoms with van der Waals surface area (Å²) >= 11 is 0. The first-order valence-corrected chi connectivity index (χ1v) is 5.24. The summed E-state index contributed by atoms with van der Waals surface area (Å²) in [5, 5.41) is 8.56. The van der Waals surface area contributed by atoms with Crippen molar-refractivity contribution in [2.24, 2.45) is 0 Å². The molecule has 1 aromatic carbocycles. The number of alkyl halides is 1. The molecule has 4 nitrogen and oxygen atoms in total. The van der Waals surface area contributed by atoms with Gasteiger partial charge in [-0.05, 0) is 18.2 Å². The summed E-state index contributed by atoms with van der Waals surface area (Å²) in [5.74, 6) is -1.25. The average molecular weight is 218 g/mol. The minimum atomic E-state index is -3.98. The number of hydrogen-bond donors (Lipinski definition) is 1. The first-order chi connectivity index (χ1) is 6.47. The summed E-state index contributed by atoms with van der Waals surface area (Å²) in [7, 11) is -3.98. The van der Waals surface area contributed by atoms with Gasteiger partial charge in [-0.15, -0.1) is 0 Å². The molecule has 6 heteroatoms. The Morgan fingerprint density at radius 2 is 2.07 bits per heavy atom. The van der Waals surface area contributed by atoms with E-state index in [1.807, 2.05) is 0 Å². The Hall–Kier alpha value is -1.43. The molecule has 0 aliphatic rings. The van der Waals surface area contributed by atoms with Crippen LogP contribution in [0.5, 0.6) is 0 Å². The molecule has 0 radical (unpaired) electrons. The van der Waals surface area contributed by atoms with Gasteiger partial charge in [0.2, 0.25) is 9.84 Å². The summed E-state index contributed by atoms with van der Waals surface area (Å²) in [6, 6.07) is 3.04. The molecule has 0 bridgehead atoms. The maximum absolute atomic E-state index is 12.1. The number of carboxylic acids is 1. The zero-order chi connectivity index (χ0) is 10.8. The number of carbonyl (C=O) groups is 1. The van der Waals surface area contributed by atoms with Gasteiger partial charge in [-0.1, -0.05) is 6.07 Å². The SMILES string of the molecule is O=C(O)c1cccc(S(=O)(=O)CF)c1. The van der Waals surface area contributed by atoms with E-state index in [1.165, 1.54) is 12.1 Å². The standard InChI is InChI=1S/C8H7FO4S/c9-5-14(12,13)7-3-1-2-6(4-7)8(10)11/h1-4H,5H2,(H,10,11). The van der Waals surface area contributed by atoms with Gasteiger partial charge in [-0.2, -0.15) is 0 Å². The van der Waals surface area contributed by atoms with E-state index in [0.29, 0.717) is 0 Å². The number of benzene rings is 1. The molecular weight excluding hydrogens is 211 g/mol. The van der Waals surface area contributed by atoms with Gasteiger partial charge in [-0.3, -0.25) is 0 Å². The molecular formula is C8H7FO4S. The lowest BCUT2D eigenvalue weighted by molar-refractivity contribution is 0.0696. The molecule has 0 aromatic heterocycles. The Morgan fingerprint density at radius 3 is 2.57 bits per heavy atom. The van der Waals surface area contributed by atoms with Gasteiger partial charge in [-0.25, -0.2) is 17.6 Å². The Kier molecular flexibility index (Phi) is 2.85. The van der Waals surface area contributed by atoms with E-state index in [2.05, 4.69) is 0 Å². The van der Waals surface area contributed by atoms with Gasteiger partial charge >= 0.3 is 5.97 Å². The van der Waals surface area contributed by atoms with Crippen LogP contribution in [0.15, 0.2) is 29.2 Å². The lowest BCUT2D eigenvalue weighted by Gasteiger charge is -2.00. The second-order valence-electron chi connectivity index (χ2n) is 2.56. The van der Waals surface area contributed by atoms with Crippen molar-refractivity contribution in [3.8, 4) is 0 Å². The zero-order valence-electron chi connectivity index (χ0n) is 6.97. The molecule has 0 amide bonds. The number of aromatic carboxylic acids is 1. The van der Waals surface area contributed by atoms with Crippen molar-refractivity contribution < 1.29 is 22.7 Å². The fraction of sp³-hybridized carbons (Fsp3) is 0.125. The quantitative estimate of drug-likeness (QED) is 0.824. The predicted octanol–water partition coefficient (Wildman–Crippen LogP) is 1.09. The minimum absolute atomic E-state index is 0.181. The minimum Gasteiger partial charge on any atom is -0.478 e. The van der Waals surface area contributed by atoms with Gasteiger partial charge < -0.3 is 5.11 Å². The molecule has 1 aromatic rings. The van der Waals surface area contributed by atoms with E-state index in [4.69, 9.17) is 5.11 Å². The molecule has 0 saturated carbocycles. The highest BCUT2D eigenvalue weighted by molar-refractivity contribution is 7.91. The van der Waals surface area contributed by atoms with Crippen LogP contribution in [-0.2, 0) is 9.84 Å². The van der Waals surface area contributed by atoms with Crippen LogP contribution < -0.4 is 0 Å². The van der Waals surface area contributed by atoms with Gasteiger partial charge in [0.25, 0.3) is 0 Å². The lowest BCUT2D eigenvalue weighted by Crippen LogP contribution is -2.05. The van der Waals surface area contributed by atoms with Crippen LogP contribution >= 0.6 is 0 Å². The van der Waals surface area contributed by atoms with Gasteiger partial charge in [0.15, 0.2) is 6.01 Å². The third-order valence-electron chi connectivity index (χ3n) is 1.58. The van der Waals surface area contributed by atoms with Crippen molar-refractivity contribution in [1.82, 2.24) is 0 Å². The van der Waals surface area contributed by atoms with Gasteiger partial charge in [0.05, 0.1) is 10.5 Å². The molecule has 0 aliphatic carbocycles. The Morgan fingerprint density at radius 1 is 1.43 bits per heavy atom. The topological polar surface area (TPSA) is 71.4 Å². The predicted molar refractivity (Wildman–Crippen MR) is 46.6 cm³/mol. The maximum atomic E-state index is 12.1. The van der Waals surface area contributed by atoms with E-state index in [9.17, 15) is 17.6 Å². The number of sulfone groups is 1. The van der Waals surface area contributed by atoms with Crippen LogP contribution in [0.2, 0.25) is 0 Å². The number of rotatable bonds is 3. The fourth-order valence-electron chi connectivity index (χ4n) is 0.886. The average Bonchev–Trinajstić information content (AvgIpc) is 2.18. The largest absolute Gasteiger partial charge is 0.478 e. The van der Waals surface area contributed by atoms with Crippen LogP contribution in [0.4, 0.5) is 4.39 Å². The molecule has 0 aliphatic heterocycles. The second-order valence-corrected chi connectivity index (χ2v) is 4.48. The Bertz CT molecular complexity index is 452. The van der Waals surface area contributed by atoms with Crippen LogP contribution in [0.25, 0.3) is 0 Å². The highest BCUT2D eigenvalue weighted by Gasteiger charge is 2.15. The summed E-state index contributed by atoms with van der Waals surface area (Å²) < 4.78 is 34.1. The van der Waals surface area contributed by atoms with Gasteiger partial charge in [0.1, 0.15) is 0 Å². The van der Waals surface area contributed by atoms with E-state index in [1.54, 1.807) is 0 Å². The highest BCUT2D eigenvalue weighted by atomic mass is 32.2. The molecule has 0 unspecified atom stereocenters. The second kappa shape index (κ2) is 3.75. The van der Waals surface area contributed by atoms with Crippen LogP contribution in [0.3, 0.4) is 0 Å². The van der Waals surface area contributed by atoms with E-state index in [-0.39, 0.29) is 10.5 Å². The highest BCUT2D eigenvalue weighted by Crippen LogP contribution is 2.13. The van der Waals surface area contributed by atoms with Crippen molar-refractivity contribution in [2.45, 2.75) is 4.90 Å². The first-order valence-electron chi connectivity index (χ1n) is 3.59. The smallest absolute Gasteiger partial charge is 0.335 e. The van der Waals surface area contributed by atoms with Crippen LogP contribution in [-0.4, -0.2) is 25.5 Å². The van der Waals surface area contributed by atoms with Crippen molar-refractivity contribution in [1.29, 1.82) is 0 Å². The van der Waals surface area contributed by atoms with E-state index >= 15 is 0 Å². The molecule has 1 N–H and O–H groups in total. The third kappa shape index (κ3) is 2.08.